The van der Waals surface area contributed by atoms with Crippen LogP contribution in [0.1, 0.15) is 11.1 Å². The van der Waals surface area contributed by atoms with E-state index in [4.69, 9.17) is 11.6 Å². The van der Waals surface area contributed by atoms with Gasteiger partial charge < -0.3 is 5.32 Å². The van der Waals surface area contributed by atoms with Crippen molar-refractivity contribution in [3.05, 3.63) is 64.7 Å². The van der Waals surface area contributed by atoms with E-state index in [0.717, 1.165) is 12.1 Å². The van der Waals surface area contributed by atoms with Crippen molar-refractivity contribution in [3.8, 4) is 0 Å². The Morgan fingerprint density at radius 2 is 1.81 bits per heavy atom. The molecule has 2 nitrogen and oxygen atoms in total. The zero-order valence-corrected chi connectivity index (χ0v) is 11.5. The summed E-state index contributed by atoms with van der Waals surface area (Å²) < 4.78 is 37.8. The molecule has 2 aromatic carbocycles. The number of halogens is 4. The monoisotopic (exact) mass is 313 g/mol. The van der Waals surface area contributed by atoms with Crippen LogP contribution in [0, 0.1) is 0 Å². The molecule has 1 amide bonds. The van der Waals surface area contributed by atoms with Crippen LogP contribution in [-0.4, -0.2) is 5.91 Å². The third-order valence-corrected chi connectivity index (χ3v) is 3.10. The molecule has 0 aliphatic carbocycles. The summed E-state index contributed by atoms with van der Waals surface area (Å²) >= 11 is 5.89. The first-order valence-electron chi connectivity index (χ1n) is 6.07. The number of benzene rings is 2. The van der Waals surface area contributed by atoms with Crippen LogP contribution in [0.5, 0.6) is 0 Å². The van der Waals surface area contributed by atoms with E-state index in [-0.39, 0.29) is 12.0 Å². The maximum atomic E-state index is 12.6. The summed E-state index contributed by atoms with van der Waals surface area (Å²) in [4.78, 5) is 11.8. The summed E-state index contributed by atoms with van der Waals surface area (Å²) in [7, 11) is 0. The van der Waals surface area contributed by atoms with Gasteiger partial charge in [0.25, 0.3) is 0 Å². The van der Waals surface area contributed by atoms with E-state index in [1.807, 2.05) is 0 Å². The number of rotatable bonds is 3. The molecule has 2 aromatic rings. The Kier molecular flexibility index (Phi) is 4.53. The normalized spacial score (nSPS) is 11.2. The van der Waals surface area contributed by atoms with Gasteiger partial charge in [-0.15, -0.1) is 0 Å². The molecule has 0 aliphatic rings. The van der Waals surface area contributed by atoms with Crippen molar-refractivity contribution >= 4 is 23.2 Å². The SMILES string of the molecule is O=C(Cc1cccc(C(F)(F)F)c1)Nc1ccccc1Cl. The molecule has 0 fully saturated rings. The highest BCUT2D eigenvalue weighted by Crippen LogP contribution is 2.29. The minimum atomic E-state index is -4.42. The van der Waals surface area contributed by atoms with Crippen LogP contribution in [-0.2, 0) is 17.4 Å². The third kappa shape index (κ3) is 4.23. The molecule has 1 N–H and O–H groups in total. The van der Waals surface area contributed by atoms with E-state index in [0.29, 0.717) is 10.7 Å². The minimum absolute atomic E-state index is 0.158. The van der Waals surface area contributed by atoms with Gasteiger partial charge >= 0.3 is 6.18 Å². The van der Waals surface area contributed by atoms with Crippen molar-refractivity contribution < 1.29 is 18.0 Å². The molecule has 21 heavy (non-hydrogen) atoms. The van der Waals surface area contributed by atoms with Gasteiger partial charge in [0.2, 0.25) is 5.91 Å². The molecule has 0 aromatic heterocycles. The number of alkyl halides is 3. The molecule has 0 atom stereocenters. The van der Waals surface area contributed by atoms with Crippen LogP contribution >= 0.6 is 11.6 Å². The van der Waals surface area contributed by atoms with Crippen LogP contribution in [0.15, 0.2) is 48.5 Å². The molecular formula is C15H11ClF3NO. The Bertz CT molecular complexity index is 655. The molecule has 0 saturated carbocycles. The highest BCUT2D eigenvalue weighted by atomic mass is 35.5. The second kappa shape index (κ2) is 6.18. The number of nitrogens with one attached hydrogen (secondary N) is 1. The van der Waals surface area contributed by atoms with Crippen LogP contribution in [0.2, 0.25) is 5.02 Å². The first-order chi connectivity index (χ1) is 9.86. The largest absolute Gasteiger partial charge is 0.416 e. The van der Waals surface area contributed by atoms with Crippen molar-refractivity contribution in [2.24, 2.45) is 0 Å². The summed E-state index contributed by atoms with van der Waals surface area (Å²) in [5, 5.41) is 2.94. The number of amides is 1. The number of carbonyl (C=O) groups excluding carboxylic acids is 1. The Morgan fingerprint density at radius 1 is 1.10 bits per heavy atom. The Balaban J connectivity index is 2.08. The van der Waals surface area contributed by atoms with Crippen LogP contribution in [0.3, 0.4) is 0 Å². The molecule has 110 valence electrons. The van der Waals surface area contributed by atoms with E-state index in [2.05, 4.69) is 5.32 Å². The van der Waals surface area contributed by atoms with Crippen LogP contribution in [0.25, 0.3) is 0 Å². The Hall–Kier alpha value is -2.01. The molecule has 0 saturated heterocycles. The lowest BCUT2D eigenvalue weighted by Gasteiger charge is -2.09. The Morgan fingerprint density at radius 3 is 2.48 bits per heavy atom. The van der Waals surface area contributed by atoms with Crippen molar-refractivity contribution in [1.29, 1.82) is 0 Å². The van der Waals surface area contributed by atoms with E-state index >= 15 is 0 Å². The summed E-state index contributed by atoms with van der Waals surface area (Å²) in [5.74, 6) is -0.428. The average molecular weight is 314 g/mol. The smallest absolute Gasteiger partial charge is 0.324 e. The topological polar surface area (TPSA) is 29.1 Å². The fourth-order valence-corrected chi connectivity index (χ4v) is 1.98. The number of para-hydroxylation sites is 1. The molecular weight excluding hydrogens is 303 g/mol. The summed E-state index contributed by atoms with van der Waals surface area (Å²) in [6.45, 7) is 0. The fourth-order valence-electron chi connectivity index (χ4n) is 1.80. The number of carbonyl (C=O) groups is 1. The molecule has 0 aliphatic heterocycles. The molecule has 0 radical (unpaired) electrons. The molecule has 0 spiro atoms. The van der Waals surface area contributed by atoms with Gasteiger partial charge in [0.1, 0.15) is 0 Å². The van der Waals surface area contributed by atoms with Gasteiger partial charge in [-0.25, -0.2) is 0 Å². The summed E-state index contributed by atoms with van der Waals surface area (Å²) in [6.07, 6.45) is -4.58. The van der Waals surface area contributed by atoms with Crippen LogP contribution < -0.4 is 5.32 Å². The second-order valence-electron chi connectivity index (χ2n) is 4.40. The van der Waals surface area contributed by atoms with E-state index < -0.39 is 17.6 Å². The second-order valence-corrected chi connectivity index (χ2v) is 4.81. The molecule has 0 unspecified atom stereocenters. The summed E-state index contributed by atoms with van der Waals surface area (Å²) in [6, 6.07) is 11.3. The summed E-state index contributed by atoms with van der Waals surface area (Å²) in [5.41, 5.74) is -0.0592. The van der Waals surface area contributed by atoms with Crippen molar-refractivity contribution in [3.63, 3.8) is 0 Å². The highest BCUT2D eigenvalue weighted by molar-refractivity contribution is 6.33. The quantitative estimate of drug-likeness (QED) is 0.885. The molecule has 0 heterocycles. The molecule has 0 bridgehead atoms. The van der Waals surface area contributed by atoms with Gasteiger partial charge in [0, 0.05) is 0 Å². The minimum Gasteiger partial charge on any atom is -0.324 e. The number of anilines is 1. The van der Waals surface area contributed by atoms with Gasteiger partial charge in [0.05, 0.1) is 22.7 Å². The predicted molar refractivity (Wildman–Crippen MR) is 75.2 cm³/mol. The fraction of sp³-hybridized carbons (Fsp3) is 0.133. The maximum absolute atomic E-state index is 12.6. The standard InChI is InChI=1S/C15H11ClF3NO/c16-12-6-1-2-7-13(12)20-14(21)9-10-4-3-5-11(8-10)15(17,18)19/h1-8H,9H2,(H,20,21). The lowest BCUT2D eigenvalue weighted by molar-refractivity contribution is -0.137. The molecule has 6 heteroatoms. The molecule has 2 rings (SSSR count). The number of hydrogen-bond donors (Lipinski definition) is 1. The highest BCUT2D eigenvalue weighted by Gasteiger charge is 2.30. The van der Waals surface area contributed by atoms with Crippen molar-refractivity contribution in [2.75, 3.05) is 5.32 Å². The Labute approximate surface area is 124 Å². The van der Waals surface area contributed by atoms with Crippen LogP contribution in [0.4, 0.5) is 18.9 Å². The van der Waals surface area contributed by atoms with Gasteiger partial charge in [-0.1, -0.05) is 41.9 Å². The zero-order chi connectivity index (χ0) is 15.5. The van der Waals surface area contributed by atoms with Gasteiger partial charge in [0.15, 0.2) is 0 Å². The van der Waals surface area contributed by atoms with E-state index in [9.17, 15) is 18.0 Å². The zero-order valence-electron chi connectivity index (χ0n) is 10.7. The lowest BCUT2D eigenvalue weighted by atomic mass is 10.1. The lowest BCUT2D eigenvalue weighted by Crippen LogP contribution is -2.15. The number of hydrogen-bond acceptors (Lipinski definition) is 1. The first kappa shape index (κ1) is 15.4. The maximum Gasteiger partial charge on any atom is 0.416 e. The third-order valence-electron chi connectivity index (χ3n) is 2.77. The van der Waals surface area contributed by atoms with Crippen molar-refractivity contribution in [1.82, 2.24) is 0 Å². The van der Waals surface area contributed by atoms with Gasteiger partial charge in [-0.05, 0) is 23.8 Å². The van der Waals surface area contributed by atoms with Crippen molar-refractivity contribution in [2.45, 2.75) is 12.6 Å². The van der Waals surface area contributed by atoms with E-state index in [1.54, 1.807) is 24.3 Å². The predicted octanol–water partition coefficient (Wildman–Crippen LogP) is 4.54. The average Bonchev–Trinajstić information content (AvgIpc) is 2.41. The van der Waals surface area contributed by atoms with E-state index in [1.165, 1.54) is 12.1 Å². The van der Waals surface area contributed by atoms with Gasteiger partial charge in [-0.3, -0.25) is 4.79 Å². The van der Waals surface area contributed by atoms with Gasteiger partial charge in [-0.2, -0.15) is 13.2 Å². The first-order valence-corrected chi connectivity index (χ1v) is 6.44.